The van der Waals surface area contributed by atoms with Crippen LogP contribution in [0.2, 0.25) is 10.0 Å². The lowest BCUT2D eigenvalue weighted by Crippen LogP contribution is -2.32. The minimum atomic E-state index is -0.149. The third kappa shape index (κ3) is 6.20. The molecule has 1 aromatic rings. The molecular weight excluding hydrogens is 287 g/mol. The van der Waals surface area contributed by atoms with Crippen molar-refractivity contribution >= 4 is 34.9 Å². The highest BCUT2D eigenvalue weighted by molar-refractivity contribution is 6.36. The number of amides is 1. The molecule has 7 heteroatoms. The fourth-order valence-corrected chi connectivity index (χ4v) is 1.96. The average Bonchev–Trinajstić information content (AvgIpc) is 2.33. The Labute approximate surface area is 123 Å². The van der Waals surface area contributed by atoms with Crippen molar-refractivity contribution < 1.29 is 4.79 Å². The van der Waals surface area contributed by atoms with Crippen molar-refractivity contribution in [2.45, 2.75) is 6.42 Å². The predicted molar refractivity (Wildman–Crippen MR) is 78.9 cm³/mol. The summed E-state index contributed by atoms with van der Waals surface area (Å²) in [6.45, 7) is 2.07. The number of carbonyl (C=O) groups excluding carboxylic acids is 1. The van der Waals surface area contributed by atoms with Gasteiger partial charge in [0.25, 0.3) is 0 Å². The maximum atomic E-state index is 11.8. The number of rotatable bonds is 7. The van der Waals surface area contributed by atoms with E-state index in [4.69, 9.17) is 23.2 Å². The fraction of sp³-hybridized carbons (Fsp3) is 0.500. The van der Waals surface area contributed by atoms with Gasteiger partial charge in [0.05, 0.1) is 16.6 Å². The van der Waals surface area contributed by atoms with Gasteiger partial charge in [-0.15, -0.1) is 0 Å². The molecule has 19 heavy (non-hydrogen) atoms. The summed E-state index contributed by atoms with van der Waals surface area (Å²) in [4.78, 5) is 17.7. The maximum Gasteiger partial charge on any atom is 0.239 e. The zero-order valence-corrected chi connectivity index (χ0v) is 12.6. The summed E-state index contributed by atoms with van der Waals surface area (Å²) in [5, 5.41) is 6.49. The lowest BCUT2D eigenvalue weighted by molar-refractivity contribution is -0.117. The number of nitrogens with one attached hydrogen (secondary N) is 2. The minimum Gasteiger partial charge on any atom is -0.320 e. The Morgan fingerprint density at radius 1 is 1.47 bits per heavy atom. The van der Waals surface area contributed by atoms with Gasteiger partial charge in [0, 0.05) is 6.20 Å². The first-order chi connectivity index (χ1) is 9.02. The van der Waals surface area contributed by atoms with Gasteiger partial charge in [0.1, 0.15) is 0 Å². The van der Waals surface area contributed by atoms with Crippen molar-refractivity contribution in [2.24, 2.45) is 0 Å². The van der Waals surface area contributed by atoms with E-state index in [1.807, 2.05) is 19.0 Å². The van der Waals surface area contributed by atoms with E-state index >= 15 is 0 Å². The quantitative estimate of drug-likeness (QED) is 0.755. The third-order valence-corrected chi connectivity index (χ3v) is 2.94. The van der Waals surface area contributed by atoms with Crippen molar-refractivity contribution in [3.8, 4) is 0 Å². The van der Waals surface area contributed by atoms with E-state index in [0.29, 0.717) is 22.4 Å². The zero-order valence-electron chi connectivity index (χ0n) is 11.0. The van der Waals surface area contributed by atoms with Gasteiger partial charge in [-0.05, 0) is 39.7 Å². The average molecular weight is 305 g/mol. The minimum absolute atomic E-state index is 0.149. The zero-order chi connectivity index (χ0) is 14.3. The first-order valence-electron chi connectivity index (χ1n) is 5.97. The summed E-state index contributed by atoms with van der Waals surface area (Å²) in [6, 6.07) is 1.54. The van der Waals surface area contributed by atoms with Crippen LogP contribution in [0.25, 0.3) is 0 Å². The van der Waals surface area contributed by atoms with Crippen LogP contribution >= 0.6 is 23.2 Å². The lowest BCUT2D eigenvalue weighted by atomic mass is 10.3. The number of hydrogen-bond acceptors (Lipinski definition) is 4. The molecular formula is C12H18Cl2N4O. The molecule has 0 bridgehead atoms. The standard InChI is InChI=1S/C12H18Cl2N4O/c1-15-4-3-5-18(2)8-11(19)17-12-10(14)6-9(13)7-16-12/h6-7,15H,3-5,8H2,1-2H3,(H,16,17,19). The molecule has 0 saturated carbocycles. The van der Waals surface area contributed by atoms with E-state index in [-0.39, 0.29) is 5.91 Å². The Morgan fingerprint density at radius 2 is 2.21 bits per heavy atom. The fourth-order valence-electron chi connectivity index (χ4n) is 1.53. The third-order valence-electron chi connectivity index (χ3n) is 2.45. The van der Waals surface area contributed by atoms with E-state index in [0.717, 1.165) is 19.5 Å². The van der Waals surface area contributed by atoms with Gasteiger partial charge in [-0.1, -0.05) is 23.2 Å². The second kappa shape index (κ2) is 8.32. The van der Waals surface area contributed by atoms with Crippen molar-refractivity contribution in [1.82, 2.24) is 15.2 Å². The molecule has 0 atom stereocenters. The highest BCUT2D eigenvalue weighted by atomic mass is 35.5. The molecule has 0 aliphatic heterocycles. The summed E-state index contributed by atoms with van der Waals surface area (Å²) in [5.41, 5.74) is 0. The second-order valence-electron chi connectivity index (χ2n) is 4.23. The van der Waals surface area contributed by atoms with Gasteiger partial charge in [0.2, 0.25) is 5.91 Å². The molecule has 106 valence electrons. The number of carbonyl (C=O) groups is 1. The Hall–Kier alpha value is -0.880. The molecule has 1 aromatic heterocycles. The number of hydrogen-bond donors (Lipinski definition) is 2. The van der Waals surface area contributed by atoms with Crippen LogP contribution in [-0.4, -0.2) is 49.5 Å². The monoisotopic (exact) mass is 304 g/mol. The maximum absolute atomic E-state index is 11.8. The van der Waals surface area contributed by atoms with Gasteiger partial charge < -0.3 is 10.6 Å². The lowest BCUT2D eigenvalue weighted by Gasteiger charge is -2.16. The van der Waals surface area contributed by atoms with Crippen LogP contribution in [0.1, 0.15) is 6.42 Å². The SMILES string of the molecule is CNCCCN(C)CC(=O)Nc1ncc(Cl)cc1Cl. The first-order valence-corrected chi connectivity index (χ1v) is 6.72. The van der Waals surface area contributed by atoms with Crippen LogP contribution in [-0.2, 0) is 4.79 Å². The highest BCUT2D eigenvalue weighted by Crippen LogP contribution is 2.22. The summed E-state index contributed by atoms with van der Waals surface area (Å²) >= 11 is 11.7. The molecule has 2 N–H and O–H groups in total. The molecule has 0 unspecified atom stereocenters. The number of pyridine rings is 1. The van der Waals surface area contributed by atoms with E-state index in [9.17, 15) is 4.79 Å². The predicted octanol–water partition coefficient (Wildman–Crippen LogP) is 1.87. The first kappa shape index (κ1) is 16.2. The van der Waals surface area contributed by atoms with Crippen LogP contribution < -0.4 is 10.6 Å². The smallest absolute Gasteiger partial charge is 0.239 e. The van der Waals surface area contributed by atoms with E-state index < -0.39 is 0 Å². The number of anilines is 1. The summed E-state index contributed by atoms with van der Waals surface area (Å²) < 4.78 is 0. The largest absolute Gasteiger partial charge is 0.320 e. The Morgan fingerprint density at radius 3 is 2.84 bits per heavy atom. The molecule has 5 nitrogen and oxygen atoms in total. The molecule has 0 spiro atoms. The van der Waals surface area contributed by atoms with E-state index in [2.05, 4.69) is 15.6 Å². The normalized spacial score (nSPS) is 10.8. The molecule has 1 heterocycles. The van der Waals surface area contributed by atoms with E-state index in [1.54, 1.807) is 6.07 Å². The second-order valence-corrected chi connectivity index (χ2v) is 5.07. The number of halogens is 2. The topological polar surface area (TPSA) is 57.3 Å². The number of aromatic nitrogens is 1. The molecule has 1 amide bonds. The van der Waals surface area contributed by atoms with Gasteiger partial charge in [-0.25, -0.2) is 4.98 Å². The number of nitrogens with zero attached hydrogens (tertiary/aromatic N) is 2. The van der Waals surface area contributed by atoms with Crippen LogP contribution in [0.5, 0.6) is 0 Å². The number of likely N-dealkylation sites (N-methyl/N-ethyl adjacent to an activating group) is 1. The van der Waals surface area contributed by atoms with Crippen molar-refractivity contribution in [1.29, 1.82) is 0 Å². The summed E-state index contributed by atoms with van der Waals surface area (Å²) in [6.07, 6.45) is 2.43. The molecule has 0 aromatic carbocycles. The van der Waals surface area contributed by atoms with Gasteiger partial charge >= 0.3 is 0 Å². The molecule has 0 saturated heterocycles. The molecule has 0 aliphatic carbocycles. The van der Waals surface area contributed by atoms with Crippen LogP contribution in [0.15, 0.2) is 12.3 Å². The Balaban J connectivity index is 2.42. The summed E-state index contributed by atoms with van der Waals surface area (Å²) in [5.74, 6) is 0.184. The van der Waals surface area contributed by atoms with Gasteiger partial charge in [-0.2, -0.15) is 0 Å². The highest BCUT2D eigenvalue weighted by Gasteiger charge is 2.10. The Bertz CT molecular complexity index is 428. The van der Waals surface area contributed by atoms with Gasteiger partial charge in [-0.3, -0.25) is 9.69 Å². The van der Waals surface area contributed by atoms with Crippen molar-refractivity contribution in [3.05, 3.63) is 22.3 Å². The summed E-state index contributed by atoms with van der Waals surface area (Å²) in [7, 11) is 3.80. The van der Waals surface area contributed by atoms with Crippen molar-refractivity contribution in [2.75, 3.05) is 39.0 Å². The molecule has 0 fully saturated rings. The van der Waals surface area contributed by atoms with Crippen LogP contribution in [0.4, 0.5) is 5.82 Å². The van der Waals surface area contributed by atoms with E-state index in [1.165, 1.54) is 6.20 Å². The molecule has 0 radical (unpaired) electrons. The Kier molecular flexibility index (Phi) is 7.09. The van der Waals surface area contributed by atoms with Crippen molar-refractivity contribution in [3.63, 3.8) is 0 Å². The van der Waals surface area contributed by atoms with Crippen LogP contribution in [0.3, 0.4) is 0 Å². The molecule has 1 rings (SSSR count). The molecule has 0 aliphatic rings. The van der Waals surface area contributed by atoms with Gasteiger partial charge in [0.15, 0.2) is 5.82 Å². The van der Waals surface area contributed by atoms with Crippen LogP contribution in [0, 0.1) is 0 Å².